The van der Waals surface area contributed by atoms with E-state index in [9.17, 15) is 14.7 Å². The van der Waals surface area contributed by atoms with Gasteiger partial charge in [-0.05, 0) is 29.7 Å². The molecule has 0 bridgehead atoms. The lowest BCUT2D eigenvalue weighted by Gasteiger charge is -2.18. The van der Waals surface area contributed by atoms with E-state index in [-0.39, 0.29) is 5.69 Å². The van der Waals surface area contributed by atoms with Crippen LogP contribution >= 0.6 is 0 Å². The second-order valence-electron chi connectivity index (χ2n) is 7.36. The van der Waals surface area contributed by atoms with Gasteiger partial charge in [-0.2, -0.15) is 0 Å². The van der Waals surface area contributed by atoms with Crippen molar-refractivity contribution in [2.24, 2.45) is 0 Å². The van der Waals surface area contributed by atoms with Crippen LogP contribution in [0.4, 0.5) is 4.79 Å². The van der Waals surface area contributed by atoms with Gasteiger partial charge in [0.15, 0.2) is 0 Å². The number of rotatable bonds is 5. The van der Waals surface area contributed by atoms with E-state index in [2.05, 4.69) is 12.2 Å². The van der Waals surface area contributed by atoms with Crippen LogP contribution in [0.5, 0.6) is 0 Å². The van der Waals surface area contributed by atoms with Crippen molar-refractivity contribution >= 4 is 17.1 Å². The number of nitrogens with one attached hydrogen (secondary N) is 1. The Morgan fingerprint density at radius 3 is 2.61 bits per heavy atom. The predicted octanol–water partition coefficient (Wildman–Crippen LogP) is 3.21. The normalized spacial score (nSPS) is 18.4. The van der Waals surface area contributed by atoms with E-state index < -0.39 is 18.2 Å². The van der Waals surface area contributed by atoms with Gasteiger partial charge in [0.05, 0.1) is 23.2 Å². The van der Waals surface area contributed by atoms with Gasteiger partial charge in [-0.25, -0.2) is 14.2 Å². The number of carbonyl (C=O) groups excluding carboxylic acids is 1. The predicted molar refractivity (Wildman–Crippen MR) is 109 cm³/mol. The van der Waals surface area contributed by atoms with Crippen molar-refractivity contribution in [1.82, 2.24) is 14.5 Å². The maximum Gasteiger partial charge on any atom is 0.337 e. The number of para-hydroxylation sites is 2. The minimum atomic E-state index is -0.699. The summed E-state index contributed by atoms with van der Waals surface area (Å²) < 4.78 is 2.86. The van der Waals surface area contributed by atoms with E-state index >= 15 is 0 Å². The monoisotopic (exact) mass is 379 g/mol. The van der Waals surface area contributed by atoms with Crippen molar-refractivity contribution < 1.29 is 9.90 Å². The van der Waals surface area contributed by atoms with Gasteiger partial charge >= 0.3 is 11.7 Å². The molecule has 2 N–H and O–H groups in total. The Balaban J connectivity index is 1.68. The van der Waals surface area contributed by atoms with Crippen molar-refractivity contribution in [3.05, 3.63) is 70.1 Å². The fraction of sp³-hybridized carbons (Fsp3) is 0.364. The summed E-state index contributed by atoms with van der Waals surface area (Å²) in [6.07, 6.45) is 2.78. The molecule has 1 aliphatic carbocycles. The molecule has 0 unspecified atom stereocenters. The molecule has 28 heavy (non-hydrogen) atoms. The molecule has 0 saturated heterocycles. The molecule has 2 aromatic carbocycles. The number of aromatic nitrogens is 2. The SMILES string of the molecule is CCCCCn1c(=O)n(C(=O)N[C@H]2c3ccccc3C[C@H]2O)c2ccccc21. The fourth-order valence-electron chi connectivity index (χ4n) is 4.09. The number of nitrogens with zero attached hydrogens (tertiary/aromatic N) is 2. The van der Waals surface area contributed by atoms with Crippen LogP contribution in [0.3, 0.4) is 0 Å². The number of unbranched alkanes of at least 4 members (excludes halogenated alkanes) is 2. The Bertz CT molecular complexity index is 1070. The minimum absolute atomic E-state index is 0.337. The van der Waals surface area contributed by atoms with E-state index in [1.807, 2.05) is 42.5 Å². The smallest absolute Gasteiger partial charge is 0.337 e. The topological polar surface area (TPSA) is 76.3 Å². The molecule has 0 spiro atoms. The van der Waals surface area contributed by atoms with Gasteiger partial charge < -0.3 is 10.4 Å². The summed E-state index contributed by atoms with van der Waals surface area (Å²) in [5, 5.41) is 13.3. The van der Waals surface area contributed by atoms with Gasteiger partial charge in [-0.15, -0.1) is 0 Å². The first kappa shape index (κ1) is 18.5. The molecule has 0 radical (unpaired) electrons. The van der Waals surface area contributed by atoms with Crippen LogP contribution in [-0.2, 0) is 13.0 Å². The van der Waals surface area contributed by atoms with Crippen molar-refractivity contribution in [1.29, 1.82) is 0 Å². The zero-order valence-electron chi connectivity index (χ0n) is 16.0. The summed E-state index contributed by atoms with van der Waals surface area (Å²) in [4.78, 5) is 26.1. The third kappa shape index (κ3) is 3.14. The van der Waals surface area contributed by atoms with Crippen molar-refractivity contribution in [3.8, 4) is 0 Å². The summed E-state index contributed by atoms with van der Waals surface area (Å²) in [6.45, 7) is 2.70. The number of fused-ring (bicyclic) bond motifs is 2. The van der Waals surface area contributed by atoms with Gasteiger partial charge in [0, 0.05) is 13.0 Å². The first-order chi connectivity index (χ1) is 13.6. The first-order valence-corrected chi connectivity index (χ1v) is 9.89. The Hall–Kier alpha value is -2.86. The summed E-state index contributed by atoms with van der Waals surface area (Å²) in [7, 11) is 0. The van der Waals surface area contributed by atoms with Gasteiger partial charge in [-0.3, -0.25) is 4.57 Å². The number of benzene rings is 2. The highest BCUT2D eigenvalue weighted by Gasteiger charge is 2.33. The molecule has 1 aromatic heterocycles. The molecule has 1 heterocycles. The largest absolute Gasteiger partial charge is 0.390 e. The highest BCUT2D eigenvalue weighted by Crippen LogP contribution is 2.31. The number of imidazole rings is 1. The fourth-order valence-corrected chi connectivity index (χ4v) is 4.09. The molecule has 6 heteroatoms. The van der Waals surface area contributed by atoms with Gasteiger partial charge in [-0.1, -0.05) is 56.2 Å². The average Bonchev–Trinajstić information content (AvgIpc) is 3.16. The molecule has 0 aliphatic heterocycles. The third-order valence-corrected chi connectivity index (χ3v) is 5.51. The molecule has 0 fully saturated rings. The average molecular weight is 379 g/mol. The molecule has 1 aliphatic rings. The number of aryl methyl sites for hydroxylation is 1. The number of carbonyl (C=O) groups is 1. The summed E-state index contributed by atoms with van der Waals surface area (Å²) in [6, 6.07) is 14.0. The van der Waals surface area contributed by atoms with E-state index in [0.717, 1.165) is 35.9 Å². The van der Waals surface area contributed by atoms with Gasteiger partial charge in [0.25, 0.3) is 0 Å². The highest BCUT2D eigenvalue weighted by atomic mass is 16.3. The second-order valence-corrected chi connectivity index (χ2v) is 7.36. The first-order valence-electron chi connectivity index (χ1n) is 9.89. The van der Waals surface area contributed by atoms with Crippen LogP contribution in [0.25, 0.3) is 11.0 Å². The number of hydrogen-bond donors (Lipinski definition) is 2. The Morgan fingerprint density at radius 1 is 1.11 bits per heavy atom. The van der Waals surface area contributed by atoms with Crippen molar-refractivity contribution in [3.63, 3.8) is 0 Å². The lowest BCUT2D eigenvalue weighted by molar-refractivity contribution is 0.142. The standard InChI is InChI=1S/C22H25N3O3/c1-2-3-8-13-24-17-11-6-7-12-18(17)25(22(24)28)21(27)23-20-16-10-5-4-9-15(16)14-19(20)26/h4-7,9-12,19-20,26H,2-3,8,13-14H2,1H3,(H,23,27)/t19-,20+/m1/s1. The minimum Gasteiger partial charge on any atom is -0.390 e. The number of amides is 1. The maximum atomic E-state index is 13.1. The highest BCUT2D eigenvalue weighted by molar-refractivity contribution is 5.89. The lowest BCUT2D eigenvalue weighted by Crippen LogP contribution is -2.41. The molecule has 2 atom stereocenters. The maximum absolute atomic E-state index is 13.1. The summed E-state index contributed by atoms with van der Waals surface area (Å²) in [5.74, 6) is 0. The number of hydrogen-bond acceptors (Lipinski definition) is 3. The third-order valence-electron chi connectivity index (χ3n) is 5.51. The Labute approximate surface area is 163 Å². The summed E-state index contributed by atoms with van der Waals surface area (Å²) in [5.41, 5.74) is 2.93. The molecular weight excluding hydrogens is 354 g/mol. The summed E-state index contributed by atoms with van der Waals surface area (Å²) >= 11 is 0. The number of aliphatic hydroxyl groups is 1. The Kier molecular flexibility index (Phi) is 5.05. The van der Waals surface area contributed by atoms with Crippen molar-refractivity contribution in [2.75, 3.05) is 0 Å². The van der Waals surface area contributed by atoms with E-state index in [1.165, 1.54) is 4.57 Å². The number of aliphatic hydroxyl groups excluding tert-OH is 1. The lowest BCUT2D eigenvalue weighted by atomic mass is 10.1. The molecule has 1 amide bonds. The molecular formula is C22H25N3O3. The van der Waals surface area contributed by atoms with Gasteiger partial charge in [0.2, 0.25) is 0 Å². The molecule has 6 nitrogen and oxygen atoms in total. The Morgan fingerprint density at radius 2 is 1.82 bits per heavy atom. The van der Waals surface area contributed by atoms with Crippen LogP contribution in [-0.4, -0.2) is 26.4 Å². The van der Waals surface area contributed by atoms with E-state index in [1.54, 1.807) is 10.6 Å². The molecule has 4 rings (SSSR count). The molecule has 3 aromatic rings. The van der Waals surface area contributed by atoms with E-state index in [0.29, 0.717) is 18.5 Å². The van der Waals surface area contributed by atoms with Crippen LogP contribution in [0, 0.1) is 0 Å². The second kappa shape index (κ2) is 7.64. The van der Waals surface area contributed by atoms with Crippen molar-refractivity contribution in [2.45, 2.75) is 51.3 Å². The van der Waals surface area contributed by atoms with Crippen LogP contribution in [0.2, 0.25) is 0 Å². The van der Waals surface area contributed by atoms with Crippen LogP contribution in [0.15, 0.2) is 53.3 Å². The zero-order chi connectivity index (χ0) is 19.7. The molecule has 146 valence electrons. The molecule has 0 saturated carbocycles. The van der Waals surface area contributed by atoms with E-state index in [4.69, 9.17) is 0 Å². The van der Waals surface area contributed by atoms with Crippen LogP contribution < -0.4 is 11.0 Å². The zero-order valence-corrected chi connectivity index (χ0v) is 16.0. The quantitative estimate of drug-likeness (QED) is 0.669. The van der Waals surface area contributed by atoms with Crippen LogP contribution in [0.1, 0.15) is 43.4 Å². The van der Waals surface area contributed by atoms with Gasteiger partial charge in [0.1, 0.15) is 0 Å².